The highest BCUT2D eigenvalue weighted by atomic mass is 16.6. The predicted molar refractivity (Wildman–Crippen MR) is 82.2 cm³/mol. The van der Waals surface area contributed by atoms with Gasteiger partial charge in [0.25, 0.3) is 0 Å². The molecule has 1 saturated heterocycles. The molecule has 0 saturated carbocycles. The van der Waals surface area contributed by atoms with E-state index in [1.165, 1.54) is 0 Å². The van der Waals surface area contributed by atoms with Gasteiger partial charge in [0.2, 0.25) is 11.7 Å². The van der Waals surface area contributed by atoms with E-state index in [1.54, 1.807) is 24.2 Å². The van der Waals surface area contributed by atoms with Gasteiger partial charge in [-0.05, 0) is 30.2 Å². The van der Waals surface area contributed by atoms with Crippen LogP contribution in [0.4, 0.5) is 0 Å². The van der Waals surface area contributed by atoms with Crippen molar-refractivity contribution in [3.63, 3.8) is 0 Å². The summed E-state index contributed by atoms with van der Waals surface area (Å²) in [4.78, 5) is 13.9. The van der Waals surface area contributed by atoms with Crippen LogP contribution in [-0.4, -0.2) is 50.3 Å². The molecule has 0 bridgehead atoms. The maximum Gasteiger partial charge on any atom is 0.246 e. The maximum absolute atomic E-state index is 12.1. The van der Waals surface area contributed by atoms with E-state index in [2.05, 4.69) is 0 Å². The topological polar surface area (TPSA) is 74.0 Å². The molecule has 1 aromatic rings. The molecule has 2 N–H and O–H groups in total. The standard InChI is InChI=1S/C16H20N2O4/c1-20-13-8-11(9-14-16(13)22-7-6-21-14)2-3-15(19)18-5-4-12(17)10-18/h2-3,8-9,12H,4-7,10,17H2,1H3. The van der Waals surface area contributed by atoms with E-state index >= 15 is 0 Å². The zero-order valence-electron chi connectivity index (χ0n) is 12.6. The van der Waals surface area contributed by atoms with Crippen LogP contribution in [0.1, 0.15) is 12.0 Å². The zero-order valence-corrected chi connectivity index (χ0v) is 12.6. The van der Waals surface area contributed by atoms with Crippen molar-refractivity contribution in [2.75, 3.05) is 33.4 Å². The fourth-order valence-electron chi connectivity index (χ4n) is 2.65. The fourth-order valence-corrected chi connectivity index (χ4v) is 2.65. The summed E-state index contributed by atoms with van der Waals surface area (Å²) in [6.07, 6.45) is 4.17. The van der Waals surface area contributed by atoms with Crippen LogP contribution in [0.25, 0.3) is 6.08 Å². The number of carbonyl (C=O) groups excluding carboxylic acids is 1. The first-order valence-electron chi connectivity index (χ1n) is 7.37. The number of ether oxygens (including phenoxy) is 3. The molecule has 1 fully saturated rings. The van der Waals surface area contributed by atoms with Crippen molar-refractivity contribution in [2.24, 2.45) is 5.73 Å². The van der Waals surface area contributed by atoms with Gasteiger partial charge in [0.1, 0.15) is 13.2 Å². The van der Waals surface area contributed by atoms with Crippen molar-refractivity contribution >= 4 is 12.0 Å². The van der Waals surface area contributed by atoms with Gasteiger partial charge in [-0.1, -0.05) is 0 Å². The maximum atomic E-state index is 12.1. The molecule has 22 heavy (non-hydrogen) atoms. The second kappa shape index (κ2) is 6.27. The Kier molecular flexibility index (Phi) is 4.20. The molecule has 118 valence electrons. The van der Waals surface area contributed by atoms with Crippen molar-refractivity contribution in [1.29, 1.82) is 0 Å². The third kappa shape index (κ3) is 3.01. The second-order valence-electron chi connectivity index (χ2n) is 5.41. The Labute approximate surface area is 129 Å². The molecule has 1 amide bonds. The van der Waals surface area contributed by atoms with E-state index < -0.39 is 0 Å². The van der Waals surface area contributed by atoms with Gasteiger partial charge in [0.05, 0.1) is 7.11 Å². The Morgan fingerprint density at radius 2 is 2.23 bits per heavy atom. The van der Waals surface area contributed by atoms with Gasteiger partial charge in [-0.15, -0.1) is 0 Å². The molecular formula is C16H20N2O4. The SMILES string of the molecule is COc1cc(C=CC(=O)N2CCC(N)C2)cc2c1OCCO2. The molecule has 6 heteroatoms. The average molecular weight is 304 g/mol. The minimum Gasteiger partial charge on any atom is -0.493 e. The van der Waals surface area contributed by atoms with E-state index in [-0.39, 0.29) is 11.9 Å². The highest BCUT2D eigenvalue weighted by Crippen LogP contribution is 2.40. The number of carbonyl (C=O) groups is 1. The highest BCUT2D eigenvalue weighted by Gasteiger charge is 2.22. The number of amides is 1. The molecular weight excluding hydrogens is 284 g/mol. The number of fused-ring (bicyclic) bond motifs is 1. The monoisotopic (exact) mass is 304 g/mol. The number of likely N-dealkylation sites (tertiary alicyclic amines) is 1. The Morgan fingerprint density at radius 3 is 2.95 bits per heavy atom. The third-order valence-electron chi connectivity index (χ3n) is 3.81. The van der Waals surface area contributed by atoms with Gasteiger partial charge >= 0.3 is 0 Å². The summed E-state index contributed by atoms with van der Waals surface area (Å²) >= 11 is 0. The minimum atomic E-state index is -0.0261. The number of benzene rings is 1. The smallest absolute Gasteiger partial charge is 0.246 e. The van der Waals surface area contributed by atoms with E-state index in [0.717, 1.165) is 18.5 Å². The van der Waals surface area contributed by atoms with Crippen molar-refractivity contribution in [2.45, 2.75) is 12.5 Å². The number of methoxy groups -OCH3 is 1. The van der Waals surface area contributed by atoms with E-state index in [4.69, 9.17) is 19.9 Å². The Morgan fingerprint density at radius 1 is 1.41 bits per heavy atom. The number of rotatable bonds is 3. The second-order valence-corrected chi connectivity index (χ2v) is 5.41. The lowest BCUT2D eigenvalue weighted by Crippen LogP contribution is -2.30. The summed E-state index contributed by atoms with van der Waals surface area (Å²) in [5, 5.41) is 0. The normalized spacial score (nSPS) is 20.5. The minimum absolute atomic E-state index is 0.0261. The van der Waals surface area contributed by atoms with Gasteiger partial charge in [-0.3, -0.25) is 4.79 Å². The molecule has 0 aliphatic carbocycles. The van der Waals surface area contributed by atoms with Crippen LogP contribution < -0.4 is 19.9 Å². The van der Waals surface area contributed by atoms with Crippen molar-refractivity contribution in [3.8, 4) is 17.2 Å². The van der Waals surface area contributed by atoms with E-state index in [0.29, 0.717) is 37.0 Å². The fraction of sp³-hybridized carbons (Fsp3) is 0.438. The van der Waals surface area contributed by atoms with Gasteiger partial charge in [0.15, 0.2) is 11.5 Å². The summed E-state index contributed by atoms with van der Waals surface area (Å²) in [6, 6.07) is 3.76. The Bertz CT molecular complexity index is 583. The highest BCUT2D eigenvalue weighted by molar-refractivity contribution is 5.92. The van der Waals surface area contributed by atoms with Crippen molar-refractivity contribution in [1.82, 2.24) is 4.90 Å². The van der Waals surface area contributed by atoms with Gasteiger partial charge < -0.3 is 24.8 Å². The zero-order chi connectivity index (χ0) is 15.5. The summed E-state index contributed by atoms with van der Waals surface area (Å²) in [5.74, 6) is 1.83. The summed E-state index contributed by atoms with van der Waals surface area (Å²) in [7, 11) is 1.58. The number of nitrogens with zero attached hydrogens (tertiary/aromatic N) is 1. The Balaban J connectivity index is 1.77. The van der Waals surface area contributed by atoms with Gasteiger partial charge in [-0.25, -0.2) is 0 Å². The van der Waals surface area contributed by atoms with Gasteiger partial charge in [0, 0.05) is 25.2 Å². The van der Waals surface area contributed by atoms with Crippen LogP contribution in [-0.2, 0) is 4.79 Å². The molecule has 2 heterocycles. The van der Waals surface area contributed by atoms with Crippen LogP contribution in [0.2, 0.25) is 0 Å². The van der Waals surface area contributed by atoms with Crippen LogP contribution in [0, 0.1) is 0 Å². The molecule has 6 nitrogen and oxygen atoms in total. The third-order valence-corrected chi connectivity index (χ3v) is 3.81. The number of nitrogens with two attached hydrogens (primary N) is 1. The summed E-state index contributed by atoms with van der Waals surface area (Å²) < 4.78 is 16.5. The van der Waals surface area contributed by atoms with Gasteiger partial charge in [-0.2, -0.15) is 0 Å². The molecule has 0 radical (unpaired) electrons. The van der Waals surface area contributed by atoms with Crippen LogP contribution >= 0.6 is 0 Å². The molecule has 0 spiro atoms. The van der Waals surface area contributed by atoms with Crippen LogP contribution in [0.5, 0.6) is 17.2 Å². The number of hydrogen-bond donors (Lipinski definition) is 1. The first-order chi connectivity index (χ1) is 10.7. The molecule has 2 aliphatic rings. The lowest BCUT2D eigenvalue weighted by molar-refractivity contribution is -0.124. The molecule has 0 aromatic heterocycles. The molecule has 2 aliphatic heterocycles. The molecule has 1 aromatic carbocycles. The van der Waals surface area contributed by atoms with Crippen molar-refractivity contribution < 1.29 is 19.0 Å². The quantitative estimate of drug-likeness (QED) is 0.845. The molecule has 3 rings (SSSR count). The first kappa shape index (κ1) is 14.7. The lowest BCUT2D eigenvalue weighted by Gasteiger charge is -2.21. The number of hydrogen-bond acceptors (Lipinski definition) is 5. The largest absolute Gasteiger partial charge is 0.493 e. The average Bonchev–Trinajstić information content (AvgIpc) is 2.98. The Hall–Kier alpha value is -2.21. The van der Waals surface area contributed by atoms with E-state index in [1.807, 2.05) is 12.1 Å². The lowest BCUT2D eigenvalue weighted by atomic mass is 10.1. The van der Waals surface area contributed by atoms with Crippen molar-refractivity contribution in [3.05, 3.63) is 23.8 Å². The van der Waals surface area contributed by atoms with Crippen LogP contribution in [0.3, 0.4) is 0 Å². The summed E-state index contributed by atoms with van der Waals surface area (Å²) in [6.45, 7) is 2.35. The van der Waals surface area contributed by atoms with Crippen LogP contribution in [0.15, 0.2) is 18.2 Å². The predicted octanol–water partition coefficient (Wildman–Crippen LogP) is 1.04. The summed E-state index contributed by atoms with van der Waals surface area (Å²) in [5.41, 5.74) is 6.65. The molecule has 1 unspecified atom stereocenters. The van der Waals surface area contributed by atoms with E-state index in [9.17, 15) is 4.79 Å². The first-order valence-corrected chi connectivity index (χ1v) is 7.37. The molecule has 1 atom stereocenters.